The van der Waals surface area contributed by atoms with Crippen LogP contribution in [-0.2, 0) is 16.4 Å². The third-order valence-electron chi connectivity index (χ3n) is 5.65. The van der Waals surface area contributed by atoms with Crippen LogP contribution < -0.4 is 9.46 Å². The lowest BCUT2D eigenvalue weighted by Gasteiger charge is -2.35. The number of piperidine rings is 1. The number of nitrogens with zero attached hydrogens (tertiary/aromatic N) is 1. The smallest absolute Gasteiger partial charge is 0.387 e. The molecule has 2 aliphatic rings. The van der Waals surface area contributed by atoms with Gasteiger partial charge >= 0.3 is 6.61 Å². The molecule has 0 aromatic heterocycles. The molecule has 1 atom stereocenters. The maximum Gasteiger partial charge on any atom is 0.387 e. The van der Waals surface area contributed by atoms with Crippen molar-refractivity contribution < 1.29 is 21.9 Å². The summed E-state index contributed by atoms with van der Waals surface area (Å²) in [6.07, 6.45) is 4.74. The monoisotopic (exact) mass is 414 g/mol. The Morgan fingerprint density at radius 3 is 2.64 bits per heavy atom. The molecule has 8 heteroatoms. The summed E-state index contributed by atoms with van der Waals surface area (Å²) in [5.41, 5.74) is 1.54. The van der Waals surface area contributed by atoms with Crippen LogP contribution in [0.15, 0.2) is 23.1 Å². The standard InChI is InChI=1S/C20H28F2N2O3S/c1-14-7-9-24(10-8-14)15(2)13-23-28(25,26)19-6-4-16-11-18(27-20(21)22)5-3-17(16)12-19/h3,5,11-12,14-15,20,23H,4,6-10,13H2,1-2H3. The normalized spacial score (nSPS) is 20.0. The Hall–Kier alpha value is -1.51. The minimum atomic E-state index is -3.57. The first-order valence-electron chi connectivity index (χ1n) is 9.76. The molecule has 1 fully saturated rings. The minimum absolute atomic E-state index is 0.0938. The Kier molecular flexibility index (Phi) is 6.73. The van der Waals surface area contributed by atoms with E-state index < -0.39 is 16.6 Å². The first kappa shape index (κ1) is 21.2. The van der Waals surface area contributed by atoms with Gasteiger partial charge in [0.15, 0.2) is 0 Å². The van der Waals surface area contributed by atoms with Gasteiger partial charge in [0.25, 0.3) is 0 Å². The van der Waals surface area contributed by atoms with Gasteiger partial charge in [0.2, 0.25) is 10.0 Å². The van der Waals surface area contributed by atoms with Crippen molar-refractivity contribution in [2.45, 2.75) is 52.2 Å². The van der Waals surface area contributed by atoms with E-state index in [1.807, 2.05) is 6.92 Å². The summed E-state index contributed by atoms with van der Waals surface area (Å²) < 4.78 is 57.3. The van der Waals surface area contributed by atoms with Gasteiger partial charge in [0.05, 0.1) is 4.91 Å². The zero-order chi connectivity index (χ0) is 20.3. The topological polar surface area (TPSA) is 58.6 Å². The van der Waals surface area contributed by atoms with Crippen molar-refractivity contribution in [1.29, 1.82) is 0 Å². The molecule has 0 amide bonds. The van der Waals surface area contributed by atoms with Crippen molar-refractivity contribution in [2.75, 3.05) is 19.6 Å². The van der Waals surface area contributed by atoms with E-state index in [2.05, 4.69) is 21.3 Å². The van der Waals surface area contributed by atoms with Crippen LogP contribution >= 0.6 is 0 Å². The van der Waals surface area contributed by atoms with Crippen molar-refractivity contribution in [3.8, 4) is 5.75 Å². The van der Waals surface area contributed by atoms with E-state index >= 15 is 0 Å². The fourth-order valence-corrected chi connectivity index (χ4v) is 5.05. The number of halogens is 2. The highest BCUT2D eigenvalue weighted by Gasteiger charge is 2.25. The Labute approximate surface area is 165 Å². The summed E-state index contributed by atoms with van der Waals surface area (Å²) in [5, 5.41) is 0. The van der Waals surface area contributed by atoms with Crippen LogP contribution in [0.1, 0.15) is 44.2 Å². The predicted octanol–water partition coefficient (Wildman–Crippen LogP) is 3.61. The fourth-order valence-electron chi connectivity index (χ4n) is 3.75. The van der Waals surface area contributed by atoms with Crippen LogP contribution in [-0.4, -0.2) is 45.6 Å². The third kappa shape index (κ3) is 5.30. The second-order valence-corrected chi connectivity index (χ2v) is 9.59. The molecular formula is C20H28F2N2O3S. The van der Waals surface area contributed by atoms with Crippen molar-refractivity contribution in [3.63, 3.8) is 0 Å². The molecule has 1 saturated heterocycles. The van der Waals surface area contributed by atoms with E-state index in [-0.39, 0.29) is 11.8 Å². The SMILES string of the molecule is CC1CCN(C(C)CNS(=O)(=O)C2=Cc3ccc(OC(F)F)cc3CC2)CC1. The average Bonchev–Trinajstić information content (AvgIpc) is 2.66. The Morgan fingerprint density at radius 2 is 1.96 bits per heavy atom. The molecule has 1 unspecified atom stereocenters. The maximum atomic E-state index is 12.7. The highest BCUT2D eigenvalue weighted by Crippen LogP contribution is 2.30. The lowest BCUT2D eigenvalue weighted by atomic mass is 9.97. The number of rotatable bonds is 7. The highest BCUT2D eigenvalue weighted by molar-refractivity contribution is 7.93. The van der Waals surface area contributed by atoms with Gasteiger partial charge in [-0.15, -0.1) is 0 Å². The second-order valence-electron chi connectivity index (χ2n) is 7.77. The van der Waals surface area contributed by atoms with Gasteiger partial charge in [0.1, 0.15) is 5.75 Å². The maximum absolute atomic E-state index is 12.7. The van der Waals surface area contributed by atoms with Crippen LogP contribution in [0, 0.1) is 5.92 Å². The van der Waals surface area contributed by atoms with Gasteiger partial charge in [-0.2, -0.15) is 8.78 Å². The summed E-state index contributed by atoms with van der Waals surface area (Å²) in [7, 11) is -3.57. The van der Waals surface area contributed by atoms with E-state index in [1.165, 1.54) is 6.07 Å². The van der Waals surface area contributed by atoms with E-state index in [4.69, 9.17) is 0 Å². The number of ether oxygens (including phenoxy) is 1. The van der Waals surface area contributed by atoms with E-state index in [0.29, 0.717) is 24.3 Å². The van der Waals surface area contributed by atoms with Crippen molar-refractivity contribution in [3.05, 3.63) is 34.2 Å². The van der Waals surface area contributed by atoms with Gasteiger partial charge in [-0.25, -0.2) is 13.1 Å². The molecule has 3 rings (SSSR count). The Balaban J connectivity index is 1.63. The molecule has 1 aromatic rings. The summed E-state index contributed by atoms with van der Waals surface area (Å²) in [5.74, 6) is 0.829. The Bertz CT molecular complexity index is 819. The molecule has 1 aliphatic heterocycles. The van der Waals surface area contributed by atoms with Gasteiger partial charge in [-0.05, 0) is 81.0 Å². The number of hydrogen-bond donors (Lipinski definition) is 1. The predicted molar refractivity (Wildman–Crippen MR) is 106 cm³/mol. The lowest BCUT2D eigenvalue weighted by molar-refractivity contribution is -0.0498. The molecule has 0 spiro atoms. The molecule has 1 heterocycles. The number of aryl methyl sites for hydroxylation is 1. The highest BCUT2D eigenvalue weighted by atomic mass is 32.2. The molecule has 1 N–H and O–H groups in total. The zero-order valence-electron chi connectivity index (χ0n) is 16.3. The van der Waals surface area contributed by atoms with Crippen molar-refractivity contribution in [1.82, 2.24) is 9.62 Å². The number of benzene rings is 1. The van der Waals surface area contributed by atoms with Crippen LogP contribution in [0.3, 0.4) is 0 Å². The second kappa shape index (κ2) is 8.88. The summed E-state index contributed by atoms with van der Waals surface area (Å²) in [6.45, 7) is 3.81. The number of sulfonamides is 1. The summed E-state index contributed by atoms with van der Waals surface area (Å²) in [6, 6.07) is 4.75. The summed E-state index contributed by atoms with van der Waals surface area (Å²) >= 11 is 0. The number of likely N-dealkylation sites (tertiary alicyclic amines) is 1. The average molecular weight is 415 g/mol. The fraction of sp³-hybridized carbons (Fsp3) is 0.600. The van der Waals surface area contributed by atoms with Gasteiger partial charge in [0, 0.05) is 12.6 Å². The molecule has 0 saturated carbocycles. The first-order valence-corrected chi connectivity index (χ1v) is 11.2. The van der Waals surface area contributed by atoms with Crippen LogP contribution in [0.2, 0.25) is 0 Å². The van der Waals surface area contributed by atoms with E-state index in [9.17, 15) is 17.2 Å². The molecule has 5 nitrogen and oxygen atoms in total. The van der Waals surface area contributed by atoms with Gasteiger partial charge in [-0.3, -0.25) is 4.90 Å². The minimum Gasteiger partial charge on any atom is -0.435 e. The quantitative estimate of drug-likeness (QED) is 0.741. The van der Waals surface area contributed by atoms with E-state index in [0.717, 1.165) is 43.0 Å². The Morgan fingerprint density at radius 1 is 1.25 bits per heavy atom. The lowest BCUT2D eigenvalue weighted by Crippen LogP contribution is -2.45. The molecular weight excluding hydrogens is 386 g/mol. The molecule has 1 aliphatic carbocycles. The molecule has 28 heavy (non-hydrogen) atoms. The molecule has 0 radical (unpaired) electrons. The largest absolute Gasteiger partial charge is 0.435 e. The van der Waals surface area contributed by atoms with Crippen molar-refractivity contribution in [2.24, 2.45) is 5.92 Å². The number of fused-ring (bicyclic) bond motifs is 1. The number of nitrogens with one attached hydrogen (secondary N) is 1. The summed E-state index contributed by atoms with van der Waals surface area (Å²) in [4.78, 5) is 2.67. The molecule has 1 aromatic carbocycles. The van der Waals surface area contributed by atoms with Crippen LogP contribution in [0.4, 0.5) is 8.78 Å². The molecule has 156 valence electrons. The number of hydrogen-bond acceptors (Lipinski definition) is 4. The van der Waals surface area contributed by atoms with Crippen molar-refractivity contribution >= 4 is 16.1 Å². The number of alkyl halides is 2. The third-order valence-corrected chi connectivity index (χ3v) is 7.21. The van der Waals surface area contributed by atoms with Crippen LogP contribution in [0.5, 0.6) is 5.75 Å². The van der Waals surface area contributed by atoms with Gasteiger partial charge in [-0.1, -0.05) is 13.0 Å². The van der Waals surface area contributed by atoms with Crippen LogP contribution in [0.25, 0.3) is 6.08 Å². The number of allylic oxidation sites excluding steroid dienone is 1. The first-order chi connectivity index (χ1) is 13.2. The van der Waals surface area contributed by atoms with Gasteiger partial charge < -0.3 is 4.74 Å². The molecule has 0 bridgehead atoms. The van der Waals surface area contributed by atoms with E-state index in [1.54, 1.807) is 18.2 Å². The zero-order valence-corrected chi connectivity index (χ0v) is 17.1.